The van der Waals surface area contributed by atoms with Gasteiger partial charge >= 0.3 is 0 Å². The molecule has 1 heterocycles. The summed E-state index contributed by atoms with van der Waals surface area (Å²) in [5.41, 5.74) is 1.21. The third-order valence-electron chi connectivity index (χ3n) is 4.04. The van der Waals surface area contributed by atoms with Gasteiger partial charge in [-0.3, -0.25) is 9.59 Å². The van der Waals surface area contributed by atoms with Crippen LogP contribution in [0.25, 0.3) is 0 Å². The van der Waals surface area contributed by atoms with Crippen LogP contribution in [0.15, 0.2) is 65.1 Å². The molecule has 0 atom stereocenters. The number of halogens is 1. The van der Waals surface area contributed by atoms with Gasteiger partial charge in [-0.25, -0.2) is 0 Å². The van der Waals surface area contributed by atoms with Gasteiger partial charge in [0.15, 0.2) is 5.78 Å². The van der Waals surface area contributed by atoms with Gasteiger partial charge in [-0.2, -0.15) is 0 Å². The molecule has 0 spiro atoms. The van der Waals surface area contributed by atoms with Crippen molar-refractivity contribution in [2.24, 2.45) is 0 Å². The number of furan rings is 1. The first kappa shape index (κ1) is 18.0. The molecular formula is C21H18ClNO3. The molecule has 3 rings (SSSR count). The quantitative estimate of drug-likeness (QED) is 0.612. The zero-order valence-corrected chi connectivity index (χ0v) is 15.3. The van der Waals surface area contributed by atoms with Crippen LogP contribution in [0.4, 0.5) is 0 Å². The van der Waals surface area contributed by atoms with Crippen molar-refractivity contribution in [3.05, 3.63) is 93.9 Å². The summed E-state index contributed by atoms with van der Waals surface area (Å²) in [4.78, 5) is 27.2. The van der Waals surface area contributed by atoms with E-state index in [9.17, 15) is 9.59 Å². The van der Waals surface area contributed by atoms with Crippen molar-refractivity contribution in [1.29, 1.82) is 0 Å². The van der Waals surface area contributed by atoms with Crippen LogP contribution < -0.4 is 0 Å². The van der Waals surface area contributed by atoms with Crippen LogP contribution in [0.2, 0.25) is 5.02 Å². The maximum Gasteiger partial charge on any atom is 0.254 e. The van der Waals surface area contributed by atoms with Crippen LogP contribution in [0.3, 0.4) is 0 Å². The van der Waals surface area contributed by atoms with E-state index in [4.69, 9.17) is 16.0 Å². The van der Waals surface area contributed by atoms with Gasteiger partial charge in [0.25, 0.3) is 5.91 Å². The van der Waals surface area contributed by atoms with Gasteiger partial charge in [0.2, 0.25) is 0 Å². The predicted molar refractivity (Wildman–Crippen MR) is 101 cm³/mol. The molecule has 1 amide bonds. The van der Waals surface area contributed by atoms with Crippen molar-refractivity contribution >= 4 is 23.3 Å². The van der Waals surface area contributed by atoms with Crippen LogP contribution in [0.1, 0.15) is 37.8 Å². The van der Waals surface area contributed by atoms with Crippen molar-refractivity contribution in [2.75, 3.05) is 7.05 Å². The highest BCUT2D eigenvalue weighted by Crippen LogP contribution is 2.19. The van der Waals surface area contributed by atoms with Gasteiger partial charge in [-0.15, -0.1) is 0 Å². The van der Waals surface area contributed by atoms with E-state index in [-0.39, 0.29) is 11.7 Å². The number of hydrogen-bond donors (Lipinski definition) is 0. The maximum atomic E-state index is 12.9. The Morgan fingerprint density at radius 2 is 1.62 bits per heavy atom. The van der Waals surface area contributed by atoms with E-state index in [0.717, 1.165) is 5.76 Å². The van der Waals surface area contributed by atoms with Crippen LogP contribution in [0, 0.1) is 6.92 Å². The predicted octanol–water partition coefficient (Wildman–Crippen LogP) is 4.74. The molecule has 3 aromatic rings. The number of rotatable bonds is 5. The van der Waals surface area contributed by atoms with Gasteiger partial charge < -0.3 is 9.32 Å². The minimum atomic E-state index is -0.239. The Morgan fingerprint density at radius 1 is 0.962 bits per heavy atom. The van der Waals surface area contributed by atoms with Gasteiger partial charge in [0, 0.05) is 23.2 Å². The minimum absolute atomic E-state index is 0.215. The summed E-state index contributed by atoms with van der Waals surface area (Å²) in [5, 5.41) is 0.555. The lowest BCUT2D eigenvalue weighted by Crippen LogP contribution is -2.27. The molecule has 132 valence electrons. The SMILES string of the molecule is Cc1ccc(CN(C)C(=O)c2ccccc2C(=O)c2ccc(Cl)cc2)o1. The highest BCUT2D eigenvalue weighted by molar-refractivity contribution is 6.30. The molecule has 5 heteroatoms. The Kier molecular flexibility index (Phi) is 5.24. The Hall–Kier alpha value is -2.85. The Balaban J connectivity index is 1.87. The molecule has 0 bridgehead atoms. The molecule has 0 fully saturated rings. The summed E-state index contributed by atoms with van der Waals surface area (Å²) in [5.74, 6) is 1.03. The van der Waals surface area contributed by atoms with E-state index in [1.807, 2.05) is 19.1 Å². The molecule has 0 unspecified atom stereocenters. The van der Waals surface area contributed by atoms with Crippen molar-refractivity contribution in [1.82, 2.24) is 4.90 Å². The zero-order chi connectivity index (χ0) is 18.7. The second-order valence-corrected chi connectivity index (χ2v) is 6.49. The van der Waals surface area contributed by atoms with E-state index in [2.05, 4.69) is 0 Å². The van der Waals surface area contributed by atoms with Crippen molar-refractivity contribution in [2.45, 2.75) is 13.5 Å². The van der Waals surface area contributed by atoms with E-state index >= 15 is 0 Å². The number of aryl methyl sites for hydroxylation is 1. The third-order valence-corrected chi connectivity index (χ3v) is 4.30. The molecule has 0 aliphatic heterocycles. The van der Waals surface area contributed by atoms with Gasteiger partial charge in [-0.1, -0.05) is 29.8 Å². The summed E-state index contributed by atoms with van der Waals surface area (Å²) in [6, 6.07) is 17.1. The van der Waals surface area contributed by atoms with Gasteiger partial charge in [0.1, 0.15) is 11.5 Å². The fraction of sp³-hybridized carbons (Fsp3) is 0.143. The highest BCUT2D eigenvalue weighted by atomic mass is 35.5. The first-order chi connectivity index (χ1) is 12.5. The molecule has 0 aliphatic carbocycles. The molecule has 2 aromatic carbocycles. The van der Waals surface area contributed by atoms with E-state index < -0.39 is 0 Å². The van der Waals surface area contributed by atoms with Crippen molar-refractivity contribution < 1.29 is 14.0 Å². The summed E-state index contributed by atoms with van der Waals surface area (Å²) < 4.78 is 5.53. The molecule has 0 N–H and O–H groups in total. The molecule has 0 radical (unpaired) electrons. The Bertz CT molecular complexity index is 944. The molecule has 4 nitrogen and oxygen atoms in total. The lowest BCUT2D eigenvalue weighted by Gasteiger charge is -2.17. The van der Waals surface area contributed by atoms with Gasteiger partial charge in [0.05, 0.1) is 12.1 Å². The van der Waals surface area contributed by atoms with Crippen LogP contribution in [-0.4, -0.2) is 23.6 Å². The van der Waals surface area contributed by atoms with Crippen LogP contribution in [0.5, 0.6) is 0 Å². The summed E-state index contributed by atoms with van der Waals surface area (Å²) >= 11 is 5.88. The Morgan fingerprint density at radius 3 is 2.23 bits per heavy atom. The van der Waals surface area contributed by atoms with Crippen molar-refractivity contribution in [3.63, 3.8) is 0 Å². The zero-order valence-electron chi connectivity index (χ0n) is 14.5. The average molecular weight is 368 g/mol. The topological polar surface area (TPSA) is 50.5 Å². The number of amides is 1. The molecular weight excluding hydrogens is 350 g/mol. The van der Waals surface area contributed by atoms with Gasteiger partial charge in [-0.05, 0) is 49.4 Å². The maximum absolute atomic E-state index is 12.9. The fourth-order valence-corrected chi connectivity index (χ4v) is 2.83. The highest BCUT2D eigenvalue weighted by Gasteiger charge is 2.21. The number of nitrogens with zero attached hydrogens (tertiary/aromatic N) is 1. The molecule has 26 heavy (non-hydrogen) atoms. The lowest BCUT2D eigenvalue weighted by molar-refractivity contribution is 0.0770. The third kappa shape index (κ3) is 3.86. The summed E-state index contributed by atoms with van der Waals surface area (Å²) in [6.07, 6.45) is 0. The molecule has 0 saturated heterocycles. The van der Waals surface area contributed by atoms with E-state index in [0.29, 0.717) is 34.0 Å². The Labute approximate surface area is 157 Å². The monoisotopic (exact) mass is 367 g/mol. The number of hydrogen-bond acceptors (Lipinski definition) is 3. The number of carbonyl (C=O) groups is 2. The average Bonchev–Trinajstić information content (AvgIpc) is 3.06. The molecule has 0 saturated carbocycles. The number of ketones is 1. The molecule has 1 aromatic heterocycles. The smallest absolute Gasteiger partial charge is 0.254 e. The second kappa shape index (κ2) is 7.58. The second-order valence-electron chi connectivity index (χ2n) is 6.06. The lowest BCUT2D eigenvalue weighted by atomic mass is 9.97. The largest absolute Gasteiger partial charge is 0.464 e. The first-order valence-electron chi connectivity index (χ1n) is 8.16. The number of benzene rings is 2. The van der Waals surface area contributed by atoms with E-state index in [1.165, 1.54) is 4.90 Å². The fourth-order valence-electron chi connectivity index (χ4n) is 2.71. The van der Waals surface area contributed by atoms with Crippen LogP contribution >= 0.6 is 11.6 Å². The molecule has 0 aliphatic rings. The van der Waals surface area contributed by atoms with E-state index in [1.54, 1.807) is 55.6 Å². The summed E-state index contributed by atoms with van der Waals surface area (Å²) in [7, 11) is 1.68. The summed E-state index contributed by atoms with van der Waals surface area (Å²) in [6.45, 7) is 2.18. The van der Waals surface area contributed by atoms with Crippen molar-refractivity contribution in [3.8, 4) is 0 Å². The number of carbonyl (C=O) groups excluding carboxylic acids is 2. The normalized spacial score (nSPS) is 10.6. The van der Waals surface area contributed by atoms with Crippen LogP contribution in [-0.2, 0) is 6.54 Å². The standard InChI is InChI=1S/C21H18ClNO3/c1-14-7-12-17(26-14)13-23(2)21(25)19-6-4-3-5-18(19)20(24)15-8-10-16(22)11-9-15/h3-12H,13H2,1-2H3. The minimum Gasteiger partial charge on any atom is -0.464 e. The first-order valence-corrected chi connectivity index (χ1v) is 8.53.